The number of thiophene rings is 1. The van der Waals surface area contributed by atoms with Gasteiger partial charge in [0, 0.05) is 22.4 Å². The highest BCUT2D eigenvalue weighted by atomic mass is 32.1. The Morgan fingerprint density at radius 1 is 1.40 bits per heavy atom. The average Bonchev–Trinajstić information content (AvgIpc) is 3.04. The predicted molar refractivity (Wildman–Crippen MR) is 87.6 cm³/mol. The fraction of sp³-hybridized carbons (Fsp3) is 0.765. The number of ether oxygens (including phenoxy) is 1. The molecule has 1 fully saturated rings. The number of hydrogen-bond donors (Lipinski definition) is 1. The van der Waals surface area contributed by atoms with Gasteiger partial charge in [0.1, 0.15) is 0 Å². The van der Waals surface area contributed by atoms with Crippen molar-refractivity contribution in [3.8, 4) is 0 Å². The van der Waals surface area contributed by atoms with E-state index in [1.807, 2.05) is 11.3 Å². The van der Waals surface area contributed by atoms with Crippen LogP contribution in [0.5, 0.6) is 0 Å². The zero-order valence-electron chi connectivity index (χ0n) is 13.4. The van der Waals surface area contributed by atoms with Crippen LogP contribution >= 0.6 is 11.3 Å². The first-order valence-corrected chi connectivity index (χ1v) is 8.77. The fourth-order valence-corrected chi connectivity index (χ4v) is 3.81. The maximum atomic E-state index is 5.82. The molecule has 1 aromatic heterocycles. The highest BCUT2D eigenvalue weighted by Gasteiger charge is 2.24. The van der Waals surface area contributed by atoms with Gasteiger partial charge in [-0.05, 0) is 49.8 Å². The molecule has 3 heteroatoms. The van der Waals surface area contributed by atoms with Gasteiger partial charge in [0.2, 0.25) is 0 Å². The third-order valence-corrected chi connectivity index (χ3v) is 5.50. The molecule has 2 heterocycles. The zero-order valence-corrected chi connectivity index (χ0v) is 14.2. The first-order valence-electron chi connectivity index (χ1n) is 7.96. The van der Waals surface area contributed by atoms with E-state index in [2.05, 4.69) is 45.1 Å². The first kappa shape index (κ1) is 16.0. The van der Waals surface area contributed by atoms with Crippen LogP contribution in [0.3, 0.4) is 0 Å². The Bertz CT molecular complexity index is 401. The van der Waals surface area contributed by atoms with Crippen molar-refractivity contribution in [2.24, 2.45) is 0 Å². The summed E-state index contributed by atoms with van der Waals surface area (Å²) in [6, 6.07) is 5.07. The Morgan fingerprint density at radius 3 is 2.75 bits per heavy atom. The summed E-state index contributed by atoms with van der Waals surface area (Å²) in [6.45, 7) is 11.1. The molecule has 0 saturated carbocycles. The SMILES string of the molecule is CCCNC(CC1CCCO1)c1ccc(C(C)(C)C)s1. The molecule has 0 spiro atoms. The Labute approximate surface area is 127 Å². The molecule has 2 atom stereocenters. The lowest BCUT2D eigenvalue weighted by Gasteiger charge is -2.21. The third kappa shape index (κ3) is 4.31. The van der Waals surface area contributed by atoms with Crippen LogP contribution in [0.4, 0.5) is 0 Å². The molecule has 0 radical (unpaired) electrons. The quantitative estimate of drug-likeness (QED) is 0.824. The second-order valence-electron chi connectivity index (χ2n) is 6.83. The van der Waals surface area contributed by atoms with E-state index in [9.17, 15) is 0 Å². The largest absolute Gasteiger partial charge is 0.378 e. The van der Waals surface area contributed by atoms with Gasteiger partial charge in [0.05, 0.1) is 6.10 Å². The van der Waals surface area contributed by atoms with Crippen LogP contribution in [-0.4, -0.2) is 19.3 Å². The average molecular weight is 295 g/mol. The van der Waals surface area contributed by atoms with Crippen molar-refractivity contribution in [2.75, 3.05) is 13.2 Å². The monoisotopic (exact) mass is 295 g/mol. The van der Waals surface area contributed by atoms with E-state index in [1.54, 1.807) is 0 Å². The van der Waals surface area contributed by atoms with Crippen molar-refractivity contribution in [3.05, 3.63) is 21.9 Å². The van der Waals surface area contributed by atoms with Crippen LogP contribution < -0.4 is 5.32 Å². The van der Waals surface area contributed by atoms with E-state index in [0.717, 1.165) is 19.6 Å². The van der Waals surface area contributed by atoms with Gasteiger partial charge in [0.15, 0.2) is 0 Å². The highest BCUT2D eigenvalue weighted by molar-refractivity contribution is 7.12. The van der Waals surface area contributed by atoms with Crippen LogP contribution in [0.25, 0.3) is 0 Å². The molecule has 1 N–H and O–H groups in total. The fourth-order valence-electron chi connectivity index (χ4n) is 2.65. The lowest BCUT2D eigenvalue weighted by molar-refractivity contribution is 0.0949. The van der Waals surface area contributed by atoms with E-state index in [-0.39, 0.29) is 5.41 Å². The first-order chi connectivity index (χ1) is 9.50. The van der Waals surface area contributed by atoms with Gasteiger partial charge in [-0.25, -0.2) is 0 Å². The molecule has 1 saturated heterocycles. The van der Waals surface area contributed by atoms with E-state index >= 15 is 0 Å². The molecule has 1 aliphatic heterocycles. The molecule has 0 aliphatic carbocycles. The van der Waals surface area contributed by atoms with Crippen molar-refractivity contribution in [1.82, 2.24) is 5.32 Å². The zero-order chi connectivity index (χ0) is 14.6. The second-order valence-corrected chi connectivity index (χ2v) is 7.94. The van der Waals surface area contributed by atoms with Gasteiger partial charge < -0.3 is 10.1 Å². The Kier molecular flexibility index (Phi) is 5.65. The van der Waals surface area contributed by atoms with E-state index in [1.165, 1.54) is 29.0 Å². The maximum absolute atomic E-state index is 5.82. The van der Waals surface area contributed by atoms with Crippen molar-refractivity contribution in [2.45, 2.75) is 70.9 Å². The van der Waals surface area contributed by atoms with E-state index in [4.69, 9.17) is 4.74 Å². The van der Waals surface area contributed by atoms with Gasteiger partial charge in [0.25, 0.3) is 0 Å². The Balaban J connectivity index is 2.06. The van der Waals surface area contributed by atoms with Gasteiger partial charge in [-0.2, -0.15) is 0 Å². The Hall–Kier alpha value is -0.380. The van der Waals surface area contributed by atoms with Crippen molar-refractivity contribution >= 4 is 11.3 Å². The van der Waals surface area contributed by atoms with Crippen LogP contribution in [0.2, 0.25) is 0 Å². The molecule has 0 amide bonds. The summed E-state index contributed by atoms with van der Waals surface area (Å²) in [5.74, 6) is 0. The minimum atomic E-state index is 0.252. The number of hydrogen-bond acceptors (Lipinski definition) is 3. The van der Waals surface area contributed by atoms with E-state index < -0.39 is 0 Å². The molecule has 2 nitrogen and oxygen atoms in total. The standard InChI is InChI=1S/C17H29NOS/c1-5-10-18-14(12-13-7-6-11-19-13)15-8-9-16(20-15)17(2,3)4/h8-9,13-14,18H,5-7,10-12H2,1-4H3. The second kappa shape index (κ2) is 7.06. The number of rotatable bonds is 6. The molecular weight excluding hydrogens is 266 g/mol. The normalized spacial score (nSPS) is 21.3. The summed E-state index contributed by atoms with van der Waals surface area (Å²) in [6.07, 6.45) is 5.19. The van der Waals surface area contributed by atoms with Crippen molar-refractivity contribution in [3.63, 3.8) is 0 Å². The Morgan fingerprint density at radius 2 is 2.20 bits per heavy atom. The maximum Gasteiger partial charge on any atom is 0.0594 e. The van der Waals surface area contributed by atoms with E-state index in [0.29, 0.717) is 12.1 Å². The van der Waals surface area contributed by atoms with Crippen LogP contribution in [0.15, 0.2) is 12.1 Å². The molecule has 2 unspecified atom stereocenters. The van der Waals surface area contributed by atoms with Crippen molar-refractivity contribution < 1.29 is 4.74 Å². The molecule has 0 aromatic carbocycles. The molecule has 114 valence electrons. The third-order valence-electron chi connectivity index (χ3n) is 3.87. The molecule has 20 heavy (non-hydrogen) atoms. The smallest absolute Gasteiger partial charge is 0.0594 e. The van der Waals surface area contributed by atoms with Gasteiger partial charge in [-0.3, -0.25) is 0 Å². The summed E-state index contributed by atoms with van der Waals surface area (Å²) in [5, 5.41) is 3.71. The van der Waals surface area contributed by atoms with Crippen LogP contribution in [0, 0.1) is 0 Å². The summed E-state index contributed by atoms with van der Waals surface area (Å²) in [4.78, 5) is 2.95. The summed E-state index contributed by atoms with van der Waals surface area (Å²) in [7, 11) is 0. The van der Waals surface area contributed by atoms with Crippen LogP contribution in [-0.2, 0) is 10.2 Å². The van der Waals surface area contributed by atoms with Crippen molar-refractivity contribution in [1.29, 1.82) is 0 Å². The molecule has 0 bridgehead atoms. The number of nitrogens with one attached hydrogen (secondary N) is 1. The lowest BCUT2D eigenvalue weighted by Crippen LogP contribution is -2.25. The molecular formula is C17H29NOS. The predicted octanol–water partition coefficient (Wildman–Crippen LogP) is 4.66. The summed E-state index contributed by atoms with van der Waals surface area (Å²) < 4.78 is 5.82. The highest BCUT2D eigenvalue weighted by Crippen LogP contribution is 2.35. The van der Waals surface area contributed by atoms with Crippen LogP contribution in [0.1, 0.15) is 69.2 Å². The summed E-state index contributed by atoms with van der Waals surface area (Å²) >= 11 is 1.96. The van der Waals surface area contributed by atoms with Gasteiger partial charge in [-0.15, -0.1) is 11.3 Å². The lowest BCUT2D eigenvalue weighted by atomic mass is 9.95. The van der Waals surface area contributed by atoms with Gasteiger partial charge >= 0.3 is 0 Å². The summed E-state index contributed by atoms with van der Waals surface area (Å²) in [5.41, 5.74) is 0.252. The molecule has 1 aliphatic rings. The minimum absolute atomic E-state index is 0.252. The molecule has 1 aromatic rings. The van der Waals surface area contributed by atoms with Gasteiger partial charge in [-0.1, -0.05) is 27.7 Å². The molecule has 2 rings (SSSR count). The minimum Gasteiger partial charge on any atom is -0.378 e. The topological polar surface area (TPSA) is 21.3 Å².